The van der Waals surface area contributed by atoms with Crippen molar-refractivity contribution in [1.82, 2.24) is 4.90 Å². The van der Waals surface area contributed by atoms with E-state index in [0.29, 0.717) is 22.8 Å². The van der Waals surface area contributed by atoms with Gasteiger partial charge in [0.1, 0.15) is 22.8 Å². The average molecular weight is 401 g/mol. The minimum absolute atomic E-state index is 0.0760. The molecule has 0 unspecified atom stereocenters. The van der Waals surface area contributed by atoms with Crippen LogP contribution in [0.3, 0.4) is 0 Å². The van der Waals surface area contributed by atoms with Crippen LogP contribution in [0.25, 0.3) is 0 Å². The van der Waals surface area contributed by atoms with Crippen molar-refractivity contribution in [1.29, 1.82) is 0 Å². The first kappa shape index (κ1) is 20.4. The largest absolute Gasteiger partial charge is 0.465 e. The molecule has 1 amide bonds. The van der Waals surface area contributed by atoms with Gasteiger partial charge in [-0.3, -0.25) is 14.9 Å². The second-order valence-electron chi connectivity index (χ2n) is 6.99. The lowest BCUT2D eigenvalue weighted by molar-refractivity contribution is -0.384. The highest BCUT2D eigenvalue weighted by molar-refractivity contribution is 5.95. The highest BCUT2D eigenvalue weighted by atomic mass is 16.6. The minimum atomic E-state index is -0.514. The number of methoxy groups -OCH3 is 1. The standard InChI is InChI=1S/C20H23N3O6/c1-13-16(20(25)28-3)11-15(29-13)12-21(2)19(24)14-6-7-17(18(10-14)23(26)27)22-8-4-5-9-22/h6-7,10-11H,4-5,8-9,12H2,1-3H3. The number of carbonyl (C=O) groups excluding carboxylic acids is 2. The number of hydrogen-bond donors (Lipinski definition) is 0. The van der Waals surface area contributed by atoms with Crippen molar-refractivity contribution in [3.05, 3.63) is 57.0 Å². The second-order valence-corrected chi connectivity index (χ2v) is 6.99. The average Bonchev–Trinajstić information content (AvgIpc) is 3.36. The van der Waals surface area contributed by atoms with Crippen LogP contribution in [0.4, 0.5) is 11.4 Å². The van der Waals surface area contributed by atoms with Crippen molar-refractivity contribution in [2.45, 2.75) is 26.3 Å². The SMILES string of the molecule is COC(=O)c1cc(CN(C)C(=O)c2ccc(N3CCCC3)c([N+](=O)[O-])c2)oc1C. The lowest BCUT2D eigenvalue weighted by Crippen LogP contribution is -2.26. The predicted molar refractivity (Wildman–Crippen MR) is 105 cm³/mol. The first-order valence-electron chi connectivity index (χ1n) is 9.28. The van der Waals surface area contributed by atoms with Gasteiger partial charge in [0.25, 0.3) is 11.6 Å². The van der Waals surface area contributed by atoms with E-state index in [-0.39, 0.29) is 23.7 Å². The first-order chi connectivity index (χ1) is 13.8. The summed E-state index contributed by atoms with van der Waals surface area (Å²) < 4.78 is 10.2. The van der Waals surface area contributed by atoms with E-state index in [9.17, 15) is 19.7 Å². The lowest BCUT2D eigenvalue weighted by Gasteiger charge is -2.19. The summed E-state index contributed by atoms with van der Waals surface area (Å²) in [4.78, 5) is 38.9. The third kappa shape index (κ3) is 4.23. The molecular formula is C20H23N3O6. The van der Waals surface area contributed by atoms with Gasteiger partial charge in [0.15, 0.2) is 0 Å². The zero-order valence-corrected chi connectivity index (χ0v) is 16.6. The Morgan fingerprint density at radius 3 is 2.59 bits per heavy atom. The Kier molecular flexibility index (Phi) is 5.86. The highest BCUT2D eigenvalue weighted by Crippen LogP contribution is 2.32. The van der Waals surface area contributed by atoms with Crippen molar-refractivity contribution in [3.63, 3.8) is 0 Å². The van der Waals surface area contributed by atoms with Gasteiger partial charge in [0.2, 0.25) is 0 Å². The molecule has 9 nitrogen and oxygen atoms in total. The van der Waals surface area contributed by atoms with Crippen molar-refractivity contribution in [2.75, 3.05) is 32.1 Å². The highest BCUT2D eigenvalue weighted by Gasteiger charge is 2.25. The van der Waals surface area contributed by atoms with Crippen LogP contribution < -0.4 is 4.90 Å². The Hall–Kier alpha value is -3.36. The molecule has 1 aromatic carbocycles. The van der Waals surface area contributed by atoms with Crippen LogP contribution >= 0.6 is 0 Å². The van der Waals surface area contributed by atoms with Crippen LogP contribution in [0.2, 0.25) is 0 Å². The number of furan rings is 1. The molecule has 0 saturated carbocycles. The summed E-state index contributed by atoms with van der Waals surface area (Å²) in [7, 11) is 2.85. The number of benzene rings is 1. The summed E-state index contributed by atoms with van der Waals surface area (Å²) in [5.41, 5.74) is 0.983. The van der Waals surface area contributed by atoms with Crippen molar-refractivity contribution in [3.8, 4) is 0 Å². The maximum Gasteiger partial charge on any atom is 0.341 e. The normalized spacial score (nSPS) is 13.4. The Balaban J connectivity index is 1.79. The van der Waals surface area contributed by atoms with Crippen molar-refractivity contribution < 1.29 is 23.7 Å². The number of carbonyl (C=O) groups is 2. The molecule has 3 rings (SSSR count). The fourth-order valence-electron chi connectivity index (χ4n) is 3.49. The minimum Gasteiger partial charge on any atom is -0.465 e. The maximum atomic E-state index is 12.8. The Morgan fingerprint density at radius 1 is 1.28 bits per heavy atom. The molecule has 0 atom stereocenters. The summed E-state index contributed by atoms with van der Waals surface area (Å²) in [6.07, 6.45) is 1.99. The van der Waals surface area contributed by atoms with Crippen molar-refractivity contribution in [2.24, 2.45) is 0 Å². The fraction of sp³-hybridized carbons (Fsp3) is 0.400. The Morgan fingerprint density at radius 2 is 1.97 bits per heavy atom. The number of aryl methyl sites for hydroxylation is 1. The van der Waals surface area contributed by atoms with Crippen LogP contribution in [0.1, 0.15) is 45.1 Å². The van der Waals surface area contributed by atoms with Gasteiger partial charge in [-0.25, -0.2) is 4.79 Å². The molecule has 29 heavy (non-hydrogen) atoms. The van der Waals surface area contributed by atoms with E-state index in [0.717, 1.165) is 25.9 Å². The summed E-state index contributed by atoms with van der Waals surface area (Å²) in [5, 5.41) is 11.5. The van der Waals surface area contributed by atoms with Crippen LogP contribution in [0.15, 0.2) is 28.7 Å². The molecule has 1 aliphatic rings. The van der Waals surface area contributed by atoms with Crippen molar-refractivity contribution >= 4 is 23.3 Å². The molecule has 0 bridgehead atoms. The molecule has 0 N–H and O–H groups in total. The number of nitro benzene ring substituents is 1. The Labute approximate surface area is 168 Å². The third-order valence-corrected chi connectivity index (χ3v) is 4.98. The van der Waals surface area contributed by atoms with Gasteiger partial charge in [-0.15, -0.1) is 0 Å². The van der Waals surface area contributed by atoms with E-state index < -0.39 is 10.9 Å². The van der Waals surface area contributed by atoms with Gasteiger partial charge < -0.3 is 19.0 Å². The van der Waals surface area contributed by atoms with E-state index in [1.807, 2.05) is 4.90 Å². The molecule has 1 saturated heterocycles. The fourth-order valence-corrected chi connectivity index (χ4v) is 3.49. The topological polar surface area (TPSA) is 106 Å². The number of esters is 1. The Bertz CT molecular complexity index is 946. The lowest BCUT2D eigenvalue weighted by atomic mass is 10.1. The first-order valence-corrected chi connectivity index (χ1v) is 9.28. The summed E-state index contributed by atoms with van der Waals surface area (Å²) >= 11 is 0. The molecule has 1 fully saturated rings. The van der Waals surface area contributed by atoms with Gasteiger partial charge in [-0.05, 0) is 38.0 Å². The van der Waals surface area contributed by atoms with Gasteiger partial charge in [-0.2, -0.15) is 0 Å². The summed E-state index contributed by atoms with van der Waals surface area (Å²) in [6, 6.07) is 6.09. The number of anilines is 1. The van der Waals surface area contributed by atoms with Gasteiger partial charge >= 0.3 is 5.97 Å². The van der Waals surface area contributed by atoms with Gasteiger partial charge in [0.05, 0.1) is 18.6 Å². The molecule has 0 aliphatic carbocycles. The van der Waals surface area contributed by atoms with E-state index in [4.69, 9.17) is 9.15 Å². The molecule has 1 aromatic heterocycles. The monoisotopic (exact) mass is 401 g/mol. The summed E-state index contributed by atoms with van der Waals surface area (Å²) in [5.74, 6) is -0.0745. The van der Waals surface area contributed by atoms with Crippen LogP contribution in [-0.4, -0.2) is 48.9 Å². The zero-order chi connectivity index (χ0) is 21.1. The van der Waals surface area contributed by atoms with Crippen LogP contribution in [0.5, 0.6) is 0 Å². The molecule has 2 aromatic rings. The molecular weight excluding hydrogens is 378 g/mol. The molecule has 0 radical (unpaired) electrons. The van der Waals surface area contributed by atoms with E-state index in [1.54, 1.807) is 26.1 Å². The second kappa shape index (κ2) is 8.34. The maximum absolute atomic E-state index is 12.8. The smallest absolute Gasteiger partial charge is 0.341 e. The molecule has 9 heteroatoms. The van der Waals surface area contributed by atoms with E-state index >= 15 is 0 Å². The third-order valence-electron chi connectivity index (χ3n) is 4.98. The molecule has 1 aliphatic heterocycles. The number of ether oxygens (including phenoxy) is 1. The van der Waals surface area contributed by atoms with Gasteiger partial charge in [0, 0.05) is 31.8 Å². The van der Waals surface area contributed by atoms with Crippen LogP contribution in [0, 0.1) is 17.0 Å². The van der Waals surface area contributed by atoms with E-state index in [1.165, 1.54) is 24.1 Å². The van der Waals surface area contributed by atoms with Crippen LogP contribution in [-0.2, 0) is 11.3 Å². The number of nitro groups is 1. The number of amides is 1. The number of nitrogens with zero attached hydrogens (tertiary/aromatic N) is 3. The van der Waals surface area contributed by atoms with Gasteiger partial charge in [-0.1, -0.05) is 0 Å². The van der Waals surface area contributed by atoms with E-state index in [2.05, 4.69) is 0 Å². The quantitative estimate of drug-likeness (QED) is 0.416. The number of rotatable bonds is 6. The number of hydrogen-bond acceptors (Lipinski definition) is 7. The molecule has 0 spiro atoms. The molecule has 154 valence electrons. The molecule has 2 heterocycles. The predicted octanol–water partition coefficient (Wildman–Crippen LogP) is 3.16. The zero-order valence-electron chi connectivity index (χ0n) is 16.6. The summed E-state index contributed by atoms with van der Waals surface area (Å²) in [6.45, 7) is 3.29.